The highest BCUT2D eigenvalue weighted by Gasteiger charge is 2.49. The van der Waals surface area contributed by atoms with Gasteiger partial charge in [0.1, 0.15) is 17.9 Å². The minimum atomic E-state index is -3.49. The summed E-state index contributed by atoms with van der Waals surface area (Å²) >= 11 is 0. The van der Waals surface area contributed by atoms with E-state index in [1.54, 1.807) is 18.4 Å². The maximum atomic E-state index is 14.4. The van der Waals surface area contributed by atoms with Gasteiger partial charge in [0, 0.05) is 81.8 Å². The lowest BCUT2D eigenvalue weighted by atomic mass is 9.72. The molecule has 0 bridgehead atoms. The summed E-state index contributed by atoms with van der Waals surface area (Å²) < 4.78 is 51.1. The number of aromatic nitrogens is 3. The molecule has 0 unspecified atom stereocenters. The minimum absolute atomic E-state index is 0.0470. The molecule has 0 atom stereocenters. The van der Waals surface area contributed by atoms with Crippen molar-refractivity contribution in [1.29, 1.82) is 0 Å². The molecule has 0 aliphatic carbocycles. The monoisotopic (exact) mass is 781 g/mol. The fourth-order valence-electron chi connectivity index (χ4n) is 9.45. The lowest BCUT2D eigenvalue weighted by Gasteiger charge is -2.54. The fourth-order valence-corrected chi connectivity index (χ4v) is 11.1. The maximum Gasteiger partial charge on any atom is 0.282 e. The Hall–Kier alpha value is -3.73. The first-order valence-electron chi connectivity index (χ1n) is 19.8. The summed E-state index contributed by atoms with van der Waals surface area (Å²) in [6.07, 6.45) is 8.15. The molecule has 16 heteroatoms. The van der Waals surface area contributed by atoms with E-state index in [9.17, 15) is 22.4 Å². The van der Waals surface area contributed by atoms with Gasteiger partial charge >= 0.3 is 0 Å². The highest BCUT2D eigenvalue weighted by atomic mass is 32.2. The molecular weight excluding hydrogens is 726 g/mol. The molecule has 5 aliphatic rings. The van der Waals surface area contributed by atoms with Gasteiger partial charge in [0.05, 0.1) is 5.56 Å². The molecule has 5 saturated heterocycles. The van der Waals surface area contributed by atoms with Gasteiger partial charge in [0.15, 0.2) is 5.82 Å². The highest BCUT2D eigenvalue weighted by molar-refractivity contribution is 7.86. The lowest BCUT2D eigenvalue weighted by molar-refractivity contribution is -0.140. The van der Waals surface area contributed by atoms with Crippen molar-refractivity contribution < 1.29 is 27.1 Å². The number of benzene rings is 1. The van der Waals surface area contributed by atoms with E-state index in [4.69, 9.17) is 4.74 Å². The number of anilines is 1. The number of amides is 2. The van der Waals surface area contributed by atoms with E-state index in [-0.39, 0.29) is 51.9 Å². The Bertz CT molecular complexity index is 1830. The molecule has 6 heterocycles. The number of carbonyl (C=O) groups is 2. The van der Waals surface area contributed by atoms with E-state index in [0.29, 0.717) is 51.0 Å². The Morgan fingerprint density at radius 3 is 2.16 bits per heavy atom. The van der Waals surface area contributed by atoms with Crippen LogP contribution in [0.3, 0.4) is 0 Å². The summed E-state index contributed by atoms with van der Waals surface area (Å²) in [4.78, 5) is 38.2. The van der Waals surface area contributed by atoms with E-state index >= 15 is 0 Å². The van der Waals surface area contributed by atoms with Crippen LogP contribution in [0.15, 0.2) is 37.2 Å². The molecule has 1 aromatic carbocycles. The Kier molecular flexibility index (Phi) is 11.2. The molecule has 7 rings (SSSR count). The average Bonchev–Trinajstić information content (AvgIpc) is 3.14. The Morgan fingerprint density at radius 2 is 1.55 bits per heavy atom. The molecule has 2 amide bonds. The van der Waals surface area contributed by atoms with Crippen molar-refractivity contribution in [1.82, 2.24) is 38.5 Å². The SMILES string of the molecule is C=CC(=O)N1CC2(CCN(S(=O)(=O)N3CCC(CN4CCC5(CC4)CN(c4ncnnc4Oc4ccc(F)cc4C(=O)N(C(C)C)C(C)C)C5)CC3)CC2)C1. The van der Waals surface area contributed by atoms with Crippen molar-refractivity contribution in [2.75, 3.05) is 76.9 Å². The second-order valence-corrected chi connectivity index (χ2v) is 19.0. The molecule has 55 heavy (non-hydrogen) atoms. The molecule has 14 nitrogen and oxygen atoms in total. The number of ether oxygens (including phenoxy) is 1. The van der Waals surface area contributed by atoms with Crippen LogP contribution in [0, 0.1) is 22.6 Å². The number of hydrogen-bond donors (Lipinski definition) is 0. The second-order valence-electron chi connectivity index (χ2n) is 17.0. The smallest absolute Gasteiger partial charge is 0.282 e. The topological polar surface area (TPSA) is 136 Å². The zero-order valence-corrected chi connectivity index (χ0v) is 33.5. The second kappa shape index (κ2) is 15.7. The molecule has 0 N–H and O–H groups in total. The Morgan fingerprint density at radius 1 is 0.945 bits per heavy atom. The predicted molar refractivity (Wildman–Crippen MR) is 206 cm³/mol. The van der Waals surface area contributed by atoms with Crippen molar-refractivity contribution >= 4 is 27.8 Å². The summed E-state index contributed by atoms with van der Waals surface area (Å²) in [6.45, 7) is 19.4. The molecule has 300 valence electrons. The van der Waals surface area contributed by atoms with Crippen LogP contribution in [0.25, 0.3) is 0 Å². The van der Waals surface area contributed by atoms with Crippen LogP contribution in [0.4, 0.5) is 10.2 Å². The largest absolute Gasteiger partial charge is 0.434 e. The molecule has 0 saturated carbocycles. The maximum absolute atomic E-state index is 14.4. The zero-order valence-electron chi connectivity index (χ0n) is 32.7. The van der Waals surface area contributed by atoms with Crippen LogP contribution in [-0.2, 0) is 15.0 Å². The summed E-state index contributed by atoms with van der Waals surface area (Å²) in [6, 6.07) is 3.76. The van der Waals surface area contributed by atoms with Crippen molar-refractivity contribution in [2.24, 2.45) is 16.7 Å². The van der Waals surface area contributed by atoms with Gasteiger partial charge in [-0.2, -0.15) is 17.0 Å². The summed E-state index contributed by atoms with van der Waals surface area (Å²) in [5, 5.41) is 8.19. The third kappa shape index (κ3) is 8.10. The van der Waals surface area contributed by atoms with Gasteiger partial charge < -0.3 is 24.3 Å². The number of halogens is 1. The van der Waals surface area contributed by atoms with E-state index in [1.165, 1.54) is 30.6 Å². The van der Waals surface area contributed by atoms with Crippen LogP contribution in [0.1, 0.15) is 76.6 Å². The van der Waals surface area contributed by atoms with Gasteiger partial charge in [-0.1, -0.05) is 6.58 Å². The summed E-state index contributed by atoms with van der Waals surface area (Å²) in [5.41, 5.74) is 0.336. The van der Waals surface area contributed by atoms with Gasteiger partial charge in [-0.25, -0.2) is 9.37 Å². The lowest BCUT2D eigenvalue weighted by Crippen LogP contribution is -2.62. The van der Waals surface area contributed by atoms with Crippen molar-refractivity contribution in [3.63, 3.8) is 0 Å². The first-order chi connectivity index (χ1) is 26.2. The molecule has 0 radical (unpaired) electrons. The average molecular weight is 782 g/mol. The number of piperidine rings is 3. The molecule has 2 aromatic rings. The van der Waals surface area contributed by atoms with E-state index in [2.05, 4.69) is 31.6 Å². The molecular formula is C39H56FN9O5S. The molecule has 2 spiro atoms. The summed E-state index contributed by atoms with van der Waals surface area (Å²) in [7, 11) is -3.49. The quantitative estimate of drug-likeness (QED) is 0.308. The van der Waals surface area contributed by atoms with Gasteiger partial charge in [-0.05, 0) is 110 Å². The van der Waals surface area contributed by atoms with Gasteiger partial charge in [0.2, 0.25) is 5.91 Å². The van der Waals surface area contributed by atoms with Crippen LogP contribution in [-0.4, -0.2) is 143 Å². The highest BCUT2D eigenvalue weighted by Crippen LogP contribution is 2.45. The van der Waals surface area contributed by atoms with Crippen LogP contribution in [0.2, 0.25) is 0 Å². The van der Waals surface area contributed by atoms with Crippen LogP contribution < -0.4 is 9.64 Å². The first kappa shape index (κ1) is 39.5. The molecule has 5 aliphatic heterocycles. The third-order valence-corrected chi connectivity index (χ3v) is 14.7. The number of rotatable bonds is 11. The standard InChI is InChI=1S/C39H56FN9O5S/c1-6-34(50)45-23-39(24-45)13-19-48(20-14-39)55(52,53)47-15-9-30(10-16-47)22-44-17-11-38(12-18-44)25-46(26-38)35-36(43-42-27-41-35)54-33-8-7-31(40)21-32(33)37(51)49(28(2)3)29(4)5/h6-8,21,27-30H,1,9-20,22-26H2,2-5H3. The van der Waals surface area contributed by atoms with E-state index < -0.39 is 16.0 Å². The Balaban J connectivity index is 0.876. The Labute approximate surface area is 324 Å². The number of carbonyl (C=O) groups excluding carboxylic acids is 2. The van der Waals surface area contributed by atoms with E-state index in [0.717, 1.165) is 71.2 Å². The number of likely N-dealkylation sites (tertiary alicyclic amines) is 2. The number of hydrogen-bond acceptors (Lipinski definition) is 10. The number of nitrogens with zero attached hydrogens (tertiary/aromatic N) is 9. The van der Waals surface area contributed by atoms with Crippen LogP contribution in [0.5, 0.6) is 11.6 Å². The van der Waals surface area contributed by atoms with Crippen molar-refractivity contribution in [2.45, 2.75) is 78.3 Å². The minimum Gasteiger partial charge on any atom is -0.434 e. The fraction of sp³-hybridized carbons (Fsp3) is 0.667. The molecule has 5 fully saturated rings. The normalized spacial score (nSPS) is 22.2. The molecule has 1 aromatic heterocycles. The van der Waals surface area contributed by atoms with Gasteiger partial charge in [0.25, 0.3) is 22.0 Å². The van der Waals surface area contributed by atoms with Crippen molar-refractivity contribution in [3.05, 3.63) is 48.6 Å². The third-order valence-electron chi connectivity index (χ3n) is 12.6. The first-order valence-corrected chi connectivity index (χ1v) is 21.2. The van der Waals surface area contributed by atoms with Crippen molar-refractivity contribution in [3.8, 4) is 11.6 Å². The van der Waals surface area contributed by atoms with Gasteiger partial charge in [-0.15, -0.1) is 10.2 Å². The zero-order chi connectivity index (χ0) is 39.1. The van der Waals surface area contributed by atoms with Gasteiger partial charge in [-0.3, -0.25) is 9.59 Å². The van der Waals surface area contributed by atoms with Crippen LogP contribution >= 0.6 is 0 Å². The van der Waals surface area contributed by atoms with E-state index in [1.807, 2.05) is 27.7 Å². The predicted octanol–water partition coefficient (Wildman–Crippen LogP) is 4.03. The summed E-state index contributed by atoms with van der Waals surface area (Å²) in [5.74, 6) is 0.515.